The van der Waals surface area contributed by atoms with Gasteiger partial charge in [-0.1, -0.05) is 0 Å². The van der Waals surface area contributed by atoms with Crippen LogP contribution in [0.1, 0.15) is 0 Å². The standard InChI is InChI=1S/Ca.Mg.H2O.O/h;;1H2;/q2*+2;;-2/p-1. The van der Waals surface area contributed by atoms with Crippen LogP contribution in [0.3, 0.4) is 0 Å². The summed E-state index contributed by atoms with van der Waals surface area (Å²) in [6, 6.07) is 0. The molecule has 0 aliphatic carbocycles. The molecule has 0 fully saturated rings. The molecule has 4 heavy (non-hydrogen) atoms. The fourth-order valence-corrected chi connectivity index (χ4v) is 0. The van der Waals surface area contributed by atoms with E-state index in [4.69, 9.17) is 0 Å². The van der Waals surface area contributed by atoms with E-state index in [1.165, 1.54) is 0 Å². The van der Waals surface area contributed by atoms with Gasteiger partial charge in [0.1, 0.15) is 0 Å². The van der Waals surface area contributed by atoms with Crippen molar-refractivity contribution in [3.8, 4) is 0 Å². The van der Waals surface area contributed by atoms with Crippen molar-refractivity contribution in [3.05, 3.63) is 0 Å². The molecule has 4 heteroatoms. The maximum Gasteiger partial charge on any atom is 2.00 e. The number of hydrogen-bond donors (Lipinski definition) is 0. The first kappa shape index (κ1) is 38.4. The zero-order chi connectivity index (χ0) is 0. The van der Waals surface area contributed by atoms with Crippen molar-refractivity contribution in [1.82, 2.24) is 0 Å². The van der Waals surface area contributed by atoms with E-state index in [9.17, 15) is 0 Å². The first-order chi connectivity index (χ1) is 0. The van der Waals surface area contributed by atoms with Gasteiger partial charge in [-0.25, -0.2) is 0 Å². The van der Waals surface area contributed by atoms with Crippen molar-refractivity contribution in [1.29, 1.82) is 0 Å². The predicted octanol–water partition coefficient (Wildman–Crippen LogP) is -1.06. The Hall–Kier alpha value is 1.95. The third-order valence-corrected chi connectivity index (χ3v) is 0. The summed E-state index contributed by atoms with van der Waals surface area (Å²) in [5, 5.41) is 0. The van der Waals surface area contributed by atoms with Crippen molar-refractivity contribution >= 4 is 60.8 Å². The molecule has 0 aromatic heterocycles. The maximum atomic E-state index is 0. The number of rotatable bonds is 0. The van der Waals surface area contributed by atoms with Gasteiger partial charge in [-0.2, -0.15) is 0 Å². The Morgan fingerprint density at radius 3 is 1.00 bits per heavy atom. The summed E-state index contributed by atoms with van der Waals surface area (Å²) >= 11 is 0. The average molecular weight is 97.4 g/mol. The molecule has 0 aliphatic heterocycles. The normalized spacial score (nSPS) is 0. The van der Waals surface area contributed by atoms with E-state index in [1.54, 1.807) is 0 Å². The minimum atomic E-state index is 0. The molecular weight excluding hydrogens is 96.4 g/mol. The van der Waals surface area contributed by atoms with Gasteiger partial charge in [0.25, 0.3) is 0 Å². The van der Waals surface area contributed by atoms with Gasteiger partial charge >= 0.3 is 60.8 Å². The van der Waals surface area contributed by atoms with E-state index in [0.29, 0.717) is 0 Å². The SMILES string of the molecule is [Ca+2].[Mg+2].[O-2].[OH-]. The molecule has 0 radical (unpaired) electrons. The van der Waals surface area contributed by atoms with Crippen LogP contribution in [0, 0.1) is 0 Å². The fraction of sp³-hybridized carbons (Fsp3) is 0. The van der Waals surface area contributed by atoms with Crippen molar-refractivity contribution in [2.24, 2.45) is 0 Å². The van der Waals surface area contributed by atoms with Crippen LogP contribution in [-0.4, -0.2) is 66.3 Å². The van der Waals surface area contributed by atoms with Gasteiger partial charge in [0, 0.05) is 0 Å². The molecule has 0 aliphatic rings. The second-order valence-corrected chi connectivity index (χ2v) is 0. The molecule has 0 atom stereocenters. The van der Waals surface area contributed by atoms with Crippen LogP contribution in [0.5, 0.6) is 0 Å². The van der Waals surface area contributed by atoms with Crippen LogP contribution in [0.15, 0.2) is 0 Å². The molecule has 0 saturated carbocycles. The van der Waals surface area contributed by atoms with Crippen molar-refractivity contribution in [2.75, 3.05) is 0 Å². The molecular formula is HCaMgO2+. The van der Waals surface area contributed by atoms with Crippen molar-refractivity contribution in [2.45, 2.75) is 0 Å². The zero-order valence-electron chi connectivity index (χ0n) is 2.27. The third kappa shape index (κ3) is 9.04. The minimum absolute atomic E-state index is 0. The average Bonchev–Trinajstić information content (AvgIpc) is 0. The van der Waals surface area contributed by atoms with E-state index in [-0.39, 0.29) is 71.7 Å². The third-order valence-electron chi connectivity index (χ3n) is 0. The summed E-state index contributed by atoms with van der Waals surface area (Å²) in [6.07, 6.45) is 0. The van der Waals surface area contributed by atoms with Gasteiger partial charge in [-0.15, -0.1) is 0 Å². The minimum Gasteiger partial charge on any atom is -2.00 e. The quantitative estimate of drug-likeness (QED) is 0.356. The predicted molar refractivity (Wildman–Crippen MR) is 14.1 cm³/mol. The molecule has 0 aromatic rings. The monoisotopic (exact) mass is 96.9 g/mol. The fourth-order valence-electron chi connectivity index (χ4n) is 0. The zero-order valence-corrected chi connectivity index (χ0v) is 5.89. The topological polar surface area (TPSA) is 58.5 Å². The second-order valence-electron chi connectivity index (χ2n) is 0. The van der Waals surface area contributed by atoms with E-state index in [1.807, 2.05) is 0 Å². The van der Waals surface area contributed by atoms with Gasteiger partial charge in [-0.05, 0) is 0 Å². The summed E-state index contributed by atoms with van der Waals surface area (Å²) in [5.74, 6) is 0. The van der Waals surface area contributed by atoms with Crippen LogP contribution >= 0.6 is 0 Å². The molecule has 0 spiro atoms. The molecule has 0 heterocycles. The molecule has 1 N–H and O–H groups in total. The van der Waals surface area contributed by atoms with Gasteiger partial charge in [0.05, 0.1) is 0 Å². The van der Waals surface area contributed by atoms with E-state index < -0.39 is 0 Å². The van der Waals surface area contributed by atoms with Crippen LogP contribution < -0.4 is 0 Å². The van der Waals surface area contributed by atoms with Gasteiger partial charge in [-0.3, -0.25) is 0 Å². The molecule has 16 valence electrons. The summed E-state index contributed by atoms with van der Waals surface area (Å²) in [7, 11) is 0. The largest absolute Gasteiger partial charge is 2.00 e. The van der Waals surface area contributed by atoms with Crippen LogP contribution in [-0.2, 0) is 5.48 Å². The molecule has 2 nitrogen and oxygen atoms in total. The summed E-state index contributed by atoms with van der Waals surface area (Å²) < 4.78 is 0. The van der Waals surface area contributed by atoms with Crippen molar-refractivity contribution in [3.63, 3.8) is 0 Å². The Bertz CT molecular complexity index is 6.00. The molecule has 0 unspecified atom stereocenters. The Labute approximate surface area is 70.7 Å². The molecule has 0 bridgehead atoms. The first-order valence-corrected chi connectivity index (χ1v) is 0. The maximum absolute atomic E-state index is 0. The van der Waals surface area contributed by atoms with E-state index in [0.717, 1.165) is 0 Å². The Balaban J connectivity index is 0. The van der Waals surface area contributed by atoms with Crippen molar-refractivity contribution < 1.29 is 11.0 Å². The van der Waals surface area contributed by atoms with E-state index >= 15 is 0 Å². The smallest absolute Gasteiger partial charge is 2.00 e. The Morgan fingerprint density at radius 2 is 1.00 bits per heavy atom. The van der Waals surface area contributed by atoms with Crippen LogP contribution in [0.25, 0.3) is 0 Å². The number of hydrogen-bond acceptors (Lipinski definition) is 1. The summed E-state index contributed by atoms with van der Waals surface area (Å²) in [5.41, 5.74) is 0. The van der Waals surface area contributed by atoms with Gasteiger partial charge < -0.3 is 11.0 Å². The molecule has 0 amide bonds. The summed E-state index contributed by atoms with van der Waals surface area (Å²) in [6.45, 7) is 0. The molecule has 0 saturated heterocycles. The van der Waals surface area contributed by atoms with Gasteiger partial charge in [0.2, 0.25) is 0 Å². The van der Waals surface area contributed by atoms with E-state index in [2.05, 4.69) is 0 Å². The van der Waals surface area contributed by atoms with Gasteiger partial charge in [0.15, 0.2) is 0 Å². The second kappa shape index (κ2) is 20.3. The van der Waals surface area contributed by atoms with Crippen LogP contribution in [0.4, 0.5) is 0 Å². The summed E-state index contributed by atoms with van der Waals surface area (Å²) in [4.78, 5) is 0. The Kier molecular flexibility index (Phi) is 195. The molecule has 0 aromatic carbocycles. The molecule has 0 rings (SSSR count). The first-order valence-electron chi connectivity index (χ1n) is 0. The van der Waals surface area contributed by atoms with Crippen LogP contribution in [0.2, 0.25) is 0 Å². The Morgan fingerprint density at radius 1 is 1.00 bits per heavy atom.